The Morgan fingerprint density at radius 1 is 0.793 bits per heavy atom. The van der Waals surface area contributed by atoms with Gasteiger partial charge in [-0.25, -0.2) is 0 Å². The van der Waals surface area contributed by atoms with Crippen molar-refractivity contribution < 1.29 is 23.8 Å². The second-order valence-corrected chi connectivity index (χ2v) is 6.79. The van der Waals surface area contributed by atoms with Crippen molar-refractivity contribution in [3.05, 3.63) is 53.6 Å². The van der Waals surface area contributed by atoms with Crippen molar-refractivity contribution in [1.29, 1.82) is 0 Å². The maximum absolute atomic E-state index is 12.8. The molecule has 154 valence electrons. The van der Waals surface area contributed by atoms with Crippen LogP contribution in [0.25, 0.3) is 0 Å². The van der Waals surface area contributed by atoms with Crippen LogP contribution in [-0.2, 0) is 0 Å². The summed E-state index contributed by atoms with van der Waals surface area (Å²) in [6, 6.07) is 12.3. The summed E-state index contributed by atoms with van der Waals surface area (Å²) in [5.41, 5.74) is 1.22. The Balaban J connectivity index is 1.55. The van der Waals surface area contributed by atoms with E-state index in [1.807, 2.05) is 0 Å². The molecule has 0 atom stereocenters. The van der Waals surface area contributed by atoms with Gasteiger partial charge in [0.05, 0.1) is 27.9 Å². The van der Waals surface area contributed by atoms with E-state index in [1.165, 1.54) is 0 Å². The summed E-state index contributed by atoms with van der Waals surface area (Å²) in [6.45, 7) is 2.79. The molecule has 7 heteroatoms. The number of amides is 1. The Kier molecular flexibility index (Phi) is 6.72. The first-order valence-electron chi connectivity index (χ1n) is 9.46. The predicted molar refractivity (Wildman–Crippen MR) is 109 cm³/mol. The van der Waals surface area contributed by atoms with Crippen LogP contribution in [0.1, 0.15) is 20.7 Å². The molecule has 1 heterocycles. The molecular formula is C22H26N2O5. The molecule has 0 N–H and O–H groups in total. The van der Waals surface area contributed by atoms with Gasteiger partial charge in [-0.2, -0.15) is 0 Å². The van der Waals surface area contributed by atoms with E-state index in [0.717, 1.165) is 5.75 Å². The highest BCUT2D eigenvalue weighted by molar-refractivity contribution is 5.98. The van der Waals surface area contributed by atoms with E-state index in [4.69, 9.17) is 14.2 Å². The topological polar surface area (TPSA) is 68.3 Å². The minimum atomic E-state index is -0.0490. The summed E-state index contributed by atoms with van der Waals surface area (Å²) in [7, 11) is 4.70. The van der Waals surface area contributed by atoms with Crippen molar-refractivity contribution in [2.45, 2.75) is 0 Å². The lowest BCUT2D eigenvalue weighted by atomic mass is 10.1. The van der Waals surface area contributed by atoms with Crippen molar-refractivity contribution in [2.24, 2.45) is 0 Å². The van der Waals surface area contributed by atoms with E-state index in [9.17, 15) is 9.59 Å². The van der Waals surface area contributed by atoms with E-state index < -0.39 is 0 Å². The number of nitrogens with zero attached hydrogens (tertiary/aromatic N) is 2. The number of hydrogen-bond donors (Lipinski definition) is 0. The van der Waals surface area contributed by atoms with Crippen molar-refractivity contribution in [2.75, 3.05) is 54.1 Å². The lowest BCUT2D eigenvalue weighted by Gasteiger charge is -2.34. The Morgan fingerprint density at radius 3 is 2.00 bits per heavy atom. The van der Waals surface area contributed by atoms with Crippen molar-refractivity contribution in [3.8, 4) is 17.2 Å². The Bertz CT molecular complexity index is 858. The van der Waals surface area contributed by atoms with Gasteiger partial charge in [0.2, 0.25) is 0 Å². The monoisotopic (exact) mass is 398 g/mol. The van der Waals surface area contributed by atoms with Gasteiger partial charge < -0.3 is 19.1 Å². The number of rotatable bonds is 7. The molecule has 2 aromatic rings. The smallest absolute Gasteiger partial charge is 0.254 e. The fourth-order valence-electron chi connectivity index (χ4n) is 3.33. The number of Topliss-reactive ketones (excluding diaryl/α,β-unsaturated/α-hetero) is 1. The van der Waals surface area contributed by atoms with Gasteiger partial charge in [-0.1, -0.05) is 0 Å². The molecule has 29 heavy (non-hydrogen) atoms. The van der Waals surface area contributed by atoms with Gasteiger partial charge >= 0.3 is 0 Å². The molecule has 1 aliphatic heterocycles. The average molecular weight is 398 g/mol. The van der Waals surface area contributed by atoms with E-state index in [1.54, 1.807) is 68.7 Å². The highest BCUT2D eigenvalue weighted by atomic mass is 16.5. The molecule has 0 unspecified atom stereocenters. The zero-order valence-corrected chi connectivity index (χ0v) is 17.0. The molecule has 1 saturated heterocycles. The van der Waals surface area contributed by atoms with E-state index in [0.29, 0.717) is 55.3 Å². The highest BCUT2D eigenvalue weighted by Gasteiger charge is 2.24. The fourth-order valence-corrected chi connectivity index (χ4v) is 3.33. The third kappa shape index (κ3) is 4.86. The summed E-state index contributed by atoms with van der Waals surface area (Å²) in [4.78, 5) is 29.2. The van der Waals surface area contributed by atoms with Gasteiger partial charge in [0.25, 0.3) is 5.91 Å². The normalized spacial score (nSPS) is 14.4. The van der Waals surface area contributed by atoms with Gasteiger partial charge in [0.15, 0.2) is 17.3 Å². The predicted octanol–water partition coefficient (Wildman–Crippen LogP) is 2.35. The summed E-state index contributed by atoms with van der Waals surface area (Å²) in [6.07, 6.45) is 0. The average Bonchev–Trinajstić information content (AvgIpc) is 2.78. The van der Waals surface area contributed by atoms with Crippen LogP contribution >= 0.6 is 0 Å². The lowest BCUT2D eigenvalue weighted by molar-refractivity contribution is 0.0624. The maximum atomic E-state index is 12.8. The molecule has 1 aliphatic rings. The number of piperazine rings is 1. The summed E-state index contributed by atoms with van der Waals surface area (Å²) in [5.74, 6) is 1.86. The first-order valence-corrected chi connectivity index (χ1v) is 9.46. The minimum Gasteiger partial charge on any atom is -0.497 e. The molecule has 0 radical (unpaired) electrons. The Hall–Kier alpha value is -3.06. The van der Waals surface area contributed by atoms with Crippen LogP contribution in [0.3, 0.4) is 0 Å². The van der Waals surface area contributed by atoms with E-state index >= 15 is 0 Å². The number of ketones is 1. The number of benzene rings is 2. The van der Waals surface area contributed by atoms with Crippen LogP contribution in [-0.4, -0.2) is 75.5 Å². The Morgan fingerprint density at radius 2 is 1.41 bits per heavy atom. The Labute approximate surface area is 170 Å². The summed E-state index contributed by atoms with van der Waals surface area (Å²) >= 11 is 0. The first kappa shape index (κ1) is 20.7. The largest absolute Gasteiger partial charge is 0.497 e. The minimum absolute atomic E-state index is 0.0490. The number of hydrogen-bond acceptors (Lipinski definition) is 6. The van der Waals surface area contributed by atoms with Crippen LogP contribution in [0, 0.1) is 0 Å². The molecule has 0 bridgehead atoms. The van der Waals surface area contributed by atoms with Crippen molar-refractivity contribution in [1.82, 2.24) is 9.80 Å². The van der Waals surface area contributed by atoms with Gasteiger partial charge in [0, 0.05) is 37.3 Å². The zero-order chi connectivity index (χ0) is 20.8. The molecule has 2 aromatic carbocycles. The van der Waals surface area contributed by atoms with Gasteiger partial charge in [-0.05, 0) is 42.5 Å². The lowest BCUT2D eigenvalue weighted by Crippen LogP contribution is -2.49. The SMILES string of the molecule is COc1ccc(C(=O)CN2CCN(C(=O)c3ccc(OC)c(OC)c3)CC2)cc1. The fraction of sp³-hybridized carbons (Fsp3) is 0.364. The molecule has 3 rings (SSSR count). The third-order valence-corrected chi connectivity index (χ3v) is 5.07. The van der Waals surface area contributed by atoms with Gasteiger partial charge in [-0.15, -0.1) is 0 Å². The first-order chi connectivity index (χ1) is 14.0. The summed E-state index contributed by atoms with van der Waals surface area (Å²) in [5, 5.41) is 0. The highest BCUT2D eigenvalue weighted by Crippen LogP contribution is 2.28. The molecular weight excluding hydrogens is 372 g/mol. The zero-order valence-electron chi connectivity index (χ0n) is 17.0. The number of methoxy groups -OCH3 is 3. The van der Waals surface area contributed by atoms with E-state index in [2.05, 4.69) is 4.90 Å². The van der Waals surface area contributed by atoms with Gasteiger partial charge in [-0.3, -0.25) is 14.5 Å². The van der Waals surface area contributed by atoms with E-state index in [-0.39, 0.29) is 11.7 Å². The maximum Gasteiger partial charge on any atom is 0.254 e. The van der Waals surface area contributed by atoms with Gasteiger partial charge in [0.1, 0.15) is 5.75 Å². The quantitative estimate of drug-likeness (QED) is 0.667. The molecule has 1 fully saturated rings. The van der Waals surface area contributed by atoms with Crippen molar-refractivity contribution >= 4 is 11.7 Å². The molecule has 7 nitrogen and oxygen atoms in total. The summed E-state index contributed by atoms with van der Waals surface area (Å²) < 4.78 is 15.6. The standard InChI is InChI=1S/C22H26N2O5/c1-27-18-7-4-16(5-8-18)19(25)15-23-10-12-24(13-11-23)22(26)17-6-9-20(28-2)21(14-17)29-3/h4-9,14H,10-13,15H2,1-3H3. The number of carbonyl (C=O) groups excluding carboxylic acids is 2. The molecule has 1 amide bonds. The molecule has 0 aliphatic carbocycles. The second kappa shape index (κ2) is 9.43. The van der Waals surface area contributed by atoms with Crippen LogP contribution in [0.4, 0.5) is 0 Å². The van der Waals surface area contributed by atoms with Crippen molar-refractivity contribution in [3.63, 3.8) is 0 Å². The third-order valence-electron chi connectivity index (χ3n) is 5.07. The molecule has 0 spiro atoms. The molecule has 0 aromatic heterocycles. The second-order valence-electron chi connectivity index (χ2n) is 6.79. The van der Waals surface area contributed by atoms with Crippen LogP contribution < -0.4 is 14.2 Å². The van der Waals surface area contributed by atoms with Crippen LogP contribution in [0.5, 0.6) is 17.2 Å². The molecule has 0 saturated carbocycles. The van der Waals surface area contributed by atoms with Crippen LogP contribution in [0.2, 0.25) is 0 Å². The number of carbonyl (C=O) groups is 2. The van der Waals surface area contributed by atoms with Crippen LogP contribution in [0.15, 0.2) is 42.5 Å². The number of ether oxygens (including phenoxy) is 3.